The molecule has 0 N–H and O–H groups in total. The number of hydrogen-bond acceptors (Lipinski definition) is 3. The molecule has 1 unspecified atom stereocenters. The number of hydrogen-bond donors (Lipinski definition) is 0. The summed E-state index contributed by atoms with van der Waals surface area (Å²) < 4.78 is 0. The Morgan fingerprint density at radius 3 is 2.28 bits per heavy atom. The number of nitrogens with zero attached hydrogens (tertiary/aromatic N) is 2. The summed E-state index contributed by atoms with van der Waals surface area (Å²) in [5.74, 6) is 0.470. The molecule has 1 heterocycles. The first-order chi connectivity index (χ1) is 15.3. The van der Waals surface area contributed by atoms with E-state index in [0.717, 1.165) is 31.2 Å². The van der Waals surface area contributed by atoms with E-state index in [4.69, 9.17) is 0 Å². The number of benzene rings is 1. The number of aryl methyl sites for hydroxylation is 1. The van der Waals surface area contributed by atoms with Gasteiger partial charge in [-0.3, -0.25) is 9.59 Å². The number of rotatable bonds is 13. The normalized spacial score (nSPS) is 12.1. The molecule has 0 saturated carbocycles. The Hall–Kier alpha value is -2.14. The maximum absolute atomic E-state index is 13.5. The first-order valence-corrected chi connectivity index (χ1v) is 12.9. The second-order valence-corrected chi connectivity index (χ2v) is 10.1. The maximum Gasteiger partial charge on any atom is 0.242 e. The van der Waals surface area contributed by atoms with E-state index in [0.29, 0.717) is 25.6 Å². The topological polar surface area (TPSA) is 40.6 Å². The first kappa shape index (κ1) is 26.1. The zero-order valence-electron chi connectivity index (χ0n) is 20.5. The minimum Gasteiger partial charge on any atom is -0.333 e. The minimum atomic E-state index is 0.00335. The Morgan fingerprint density at radius 1 is 1.00 bits per heavy atom. The summed E-state index contributed by atoms with van der Waals surface area (Å²) in [6, 6.07) is 12.2. The molecule has 5 heteroatoms. The van der Waals surface area contributed by atoms with E-state index in [1.54, 1.807) is 11.3 Å². The van der Waals surface area contributed by atoms with E-state index < -0.39 is 0 Å². The minimum absolute atomic E-state index is 0.00335. The number of carbonyl (C=O) groups excluding carboxylic acids is 2. The van der Waals surface area contributed by atoms with Crippen molar-refractivity contribution in [3.8, 4) is 0 Å². The third kappa shape index (κ3) is 8.09. The first-order valence-electron chi connectivity index (χ1n) is 12.0. The highest BCUT2D eigenvalue weighted by atomic mass is 32.1. The molecule has 0 saturated heterocycles. The lowest BCUT2D eigenvalue weighted by atomic mass is 9.97. The molecular formula is C27H40N2O2S. The lowest BCUT2D eigenvalue weighted by molar-refractivity contribution is -0.144. The van der Waals surface area contributed by atoms with E-state index in [2.05, 4.69) is 58.2 Å². The summed E-state index contributed by atoms with van der Waals surface area (Å²) in [5.41, 5.74) is 2.31. The van der Waals surface area contributed by atoms with Crippen LogP contribution in [0.5, 0.6) is 0 Å². The quantitative estimate of drug-likeness (QED) is 0.355. The highest BCUT2D eigenvalue weighted by Gasteiger charge is 2.27. The molecule has 1 atom stereocenters. The van der Waals surface area contributed by atoms with Gasteiger partial charge in [0.05, 0.1) is 13.1 Å². The van der Waals surface area contributed by atoms with Gasteiger partial charge in [-0.05, 0) is 48.3 Å². The number of thiophene rings is 1. The molecule has 2 aromatic rings. The Balaban J connectivity index is 2.21. The summed E-state index contributed by atoms with van der Waals surface area (Å²) in [6.45, 7) is 12.4. The van der Waals surface area contributed by atoms with Gasteiger partial charge in [-0.2, -0.15) is 0 Å². The molecule has 0 fully saturated rings. The van der Waals surface area contributed by atoms with Crippen molar-refractivity contribution in [1.82, 2.24) is 9.80 Å². The molecule has 176 valence electrons. The highest BCUT2D eigenvalue weighted by Crippen LogP contribution is 2.21. The summed E-state index contributed by atoms with van der Waals surface area (Å²) in [4.78, 5) is 31.8. The lowest BCUT2D eigenvalue weighted by Crippen LogP contribution is -2.46. The van der Waals surface area contributed by atoms with Gasteiger partial charge in [-0.15, -0.1) is 11.3 Å². The molecule has 0 bridgehead atoms. The third-order valence-electron chi connectivity index (χ3n) is 5.84. The van der Waals surface area contributed by atoms with Gasteiger partial charge in [-0.1, -0.05) is 70.9 Å². The molecule has 0 aliphatic heterocycles. The van der Waals surface area contributed by atoms with Crippen molar-refractivity contribution in [2.24, 2.45) is 11.8 Å². The van der Waals surface area contributed by atoms with Gasteiger partial charge in [-0.25, -0.2) is 0 Å². The molecule has 0 spiro atoms. The van der Waals surface area contributed by atoms with Crippen LogP contribution in [0.2, 0.25) is 0 Å². The van der Waals surface area contributed by atoms with Gasteiger partial charge in [0.25, 0.3) is 0 Å². The molecule has 32 heavy (non-hydrogen) atoms. The molecule has 0 aliphatic carbocycles. The van der Waals surface area contributed by atoms with E-state index in [1.165, 1.54) is 10.4 Å². The molecule has 1 aromatic carbocycles. The van der Waals surface area contributed by atoms with Crippen LogP contribution < -0.4 is 0 Å². The van der Waals surface area contributed by atoms with Crippen LogP contribution >= 0.6 is 11.3 Å². The molecule has 2 amide bonds. The molecule has 2 rings (SSSR count). The molecule has 1 aromatic heterocycles. The zero-order valence-corrected chi connectivity index (χ0v) is 21.3. The molecular weight excluding hydrogens is 416 g/mol. The summed E-state index contributed by atoms with van der Waals surface area (Å²) >= 11 is 1.68. The second-order valence-electron chi connectivity index (χ2n) is 9.12. The Bertz CT molecular complexity index is 831. The van der Waals surface area contributed by atoms with Crippen LogP contribution in [0.25, 0.3) is 0 Å². The van der Waals surface area contributed by atoms with E-state index in [9.17, 15) is 9.59 Å². The molecule has 4 nitrogen and oxygen atoms in total. The van der Waals surface area contributed by atoms with Crippen LogP contribution in [0.15, 0.2) is 41.8 Å². The Labute approximate surface area is 198 Å². The second kappa shape index (κ2) is 13.4. The molecule has 0 aliphatic rings. The van der Waals surface area contributed by atoms with Gasteiger partial charge >= 0.3 is 0 Å². The molecule has 0 radical (unpaired) electrons. The van der Waals surface area contributed by atoms with Gasteiger partial charge in [0.2, 0.25) is 11.8 Å². The van der Waals surface area contributed by atoms with Crippen molar-refractivity contribution < 1.29 is 9.59 Å². The monoisotopic (exact) mass is 456 g/mol. The van der Waals surface area contributed by atoms with Gasteiger partial charge in [0, 0.05) is 23.9 Å². The zero-order chi connectivity index (χ0) is 23.5. The van der Waals surface area contributed by atoms with E-state index in [-0.39, 0.29) is 24.3 Å². The average molecular weight is 457 g/mol. The largest absolute Gasteiger partial charge is 0.333 e. The van der Waals surface area contributed by atoms with Crippen molar-refractivity contribution in [3.05, 3.63) is 57.8 Å². The Morgan fingerprint density at radius 2 is 1.72 bits per heavy atom. The van der Waals surface area contributed by atoms with Crippen LogP contribution in [-0.2, 0) is 22.7 Å². The van der Waals surface area contributed by atoms with Crippen LogP contribution in [0.3, 0.4) is 0 Å². The fourth-order valence-electron chi connectivity index (χ4n) is 3.92. The summed E-state index contributed by atoms with van der Waals surface area (Å²) in [5, 5.41) is 2.07. The van der Waals surface area contributed by atoms with Gasteiger partial charge < -0.3 is 9.80 Å². The fourth-order valence-corrected chi connectivity index (χ4v) is 4.84. The lowest BCUT2D eigenvalue weighted by Gasteiger charge is -2.31. The number of amides is 2. The maximum atomic E-state index is 13.5. The standard InChI is InChI=1S/C27H40N2O2S/c1-6-8-14-24(7-2)27(31)29(17-21(3)4)20-26(30)28(18-23-12-10-9-11-13-23)19-25-22(5)15-16-32-25/h9-13,15-16,21,24H,6-8,14,17-20H2,1-5H3. The van der Waals surface area contributed by atoms with Crippen molar-refractivity contribution in [2.75, 3.05) is 13.1 Å². The Kier molecular flexibility index (Phi) is 10.9. The van der Waals surface area contributed by atoms with Crippen molar-refractivity contribution in [2.45, 2.75) is 73.4 Å². The van der Waals surface area contributed by atoms with Crippen molar-refractivity contribution in [1.29, 1.82) is 0 Å². The van der Waals surface area contributed by atoms with Crippen LogP contribution in [0.4, 0.5) is 0 Å². The fraction of sp³-hybridized carbons (Fsp3) is 0.556. The van der Waals surface area contributed by atoms with Crippen molar-refractivity contribution in [3.63, 3.8) is 0 Å². The summed E-state index contributed by atoms with van der Waals surface area (Å²) in [6.07, 6.45) is 3.85. The van der Waals surface area contributed by atoms with Crippen LogP contribution in [-0.4, -0.2) is 34.7 Å². The number of carbonyl (C=O) groups is 2. The van der Waals surface area contributed by atoms with E-state index in [1.807, 2.05) is 28.0 Å². The predicted molar refractivity (Wildman–Crippen MR) is 134 cm³/mol. The van der Waals surface area contributed by atoms with Crippen LogP contribution in [0, 0.1) is 18.8 Å². The van der Waals surface area contributed by atoms with E-state index >= 15 is 0 Å². The van der Waals surface area contributed by atoms with Gasteiger partial charge in [0.1, 0.15) is 0 Å². The smallest absolute Gasteiger partial charge is 0.242 e. The summed E-state index contributed by atoms with van der Waals surface area (Å²) in [7, 11) is 0. The third-order valence-corrected chi connectivity index (χ3v) is 6.85. The van der Waals surface area contributed by atoms with Gasteiger partial charge in [0.15, 0.2) is 0 Å². The highest BCUT2D eigenvalue weighted by molar-refractivity contribution is 7.10. The van der Waals surface area contributed by atoms with Crippen molar-refractivity contribution >= 4 is 23.2 Å². The van der Waals surface area contributed by atoms with Crippen LogP contribution in [0.1, 0.15) is 69.4 Å². The predicted octanol–water partition coefficient (Wildman–Crippen LogP) is 6.29. The SMILES string of the molecule is CCCCC(CC)C(=O)N(CC(=O)N(Cc1ccccc1)Cc1sccc1C)CC(C)C. The average Bonchev–Trinajstić information content (AvgIpc) is 3.18. The number of unbranched alkanes of at least 4 members (excludes halogenated alkanes) is 1.